The molecule has 0 spiro atoms. The van der Waals surface area contributed by atoms with E-state index in [-0.39, 0.29) is 5.82 Å². The lowest BCUT2D eigenvalue weighted by molar-refractivity contribution is 0.362. The molecule has 0 radical (unpaired) electrons. The maximum Gasteiger partial charge on any atom is 0.139 e. The van der Waals surface area contributed by atoms with Gasteiger partial charge in [-0.1, -0.05) is 19.8 Å². The second kappa shape index (κ2) is 4.84. The summed E-state index contributed by atoms with van der Waals surface area (Å²) in [5.74, 6) is -0.279. The molecule has 1 fully saturated rings. The van der Waals surface area contributed by atoms with Gasteiger partial charge in [0.05, 0.1) is 15.8 Å². The van der Waals surface area contributed by atoms with Gasteiger partial charge in [0, 0.05) is 12.6 Å². The lowest BCUT2D eigenvalue weighted by Gasteiger charge is -2.25. The van der Waals surface area contributed by atoms with Crippen molar-refractivity contribution in [3.8, 4) is 0 Å². The largest absolute Gasteiger partial charge is 0.397 e. The summed E-state index contributed by atoms with van der Waals surface area (Å²) in [7, 11) is 0. The average Bonchev–Trinajstić information content (AvgIpc) is 2.69. The minimum absolute atomic E-state index is 0.279. The predicted octanol–water partition coefficient (Wildman–Crippen LogP) is 4.16. The minimum Gasteiger partial charge on any atom is -0.397 e. The Kier molecular flexibility index (Phi) is 3.61. The monoisotopic (exact) mass is 300 g/mol. The Labute approximate surface area is 110 Å². The Hall–Kier alpha value is -0.770. The van der Waals surface area contributed by atoms with Gasteiger partial charge in [-0.15, -0.1) is 0 Å². The van der Waals surface area contributed by atoms with Crippen LogP contribution in [0.25, 0.3) is 0 Å². The van der Waals surface area contributed by atoms with Crippen LogP contribution in [-0.4, -0.2) is 6.54 Å². The van der Waals surface area contributed by atoms with Crippen LogP contribution in [0.4, 0.5) is 15.8 Å². The Morgan fingerprint density at radius 3 is 2.71 bits per heavy atom. The smallest absolute Gasteiger partial charge is 0.139 e. The summed E-state index contributed by atoms with van der Waals surface area (Å²) in [5, 5.41) is 3.28. The SMILES string of the molecule is CC1(CNc2cc(F)c(Br)cc2N)CCCC1. The summed E-state index contributed by atoms with van der Waals surface area (Å²) in [6.07, 6.45) is 5.06. The van der Waals surface area contributed by atoms with Gasteiger partial charge < -0.3 is 11.1 Å². The van der Waals surface area contributed by atoms with Crippen molar-refractivity contribution in [2.45, 2.75) is 32.6 Å². The van der Waals surface area contributed by atoms with Crippen LogP contribution in [0, 0.1) is 11.2 Å². The van der Waals surface area contributed by atoms with E-state index in [1.807, 2.05) is 0 Å². The predicted molar refractivity (Wildman–Crippen MR) is 73.6 cm³/mol. The molecule has 1 saturated carbocycles. The zero-order valence-corrected chi connectivity index (χ0v) is 11.6. The van der Waals surface area contributed by atoms with E-state index in [0.717, 1.165) is 6.54 Å². The summed E-state index contributed by atoms with van der Waals surface area (Å²) in [6, 6.07) is 3.06. The van der Waals surface area contributed by atoms with E-state index in [0.29, 0.717) is 21.3 Å². The number of anilines is 2. The van der Waals surface area contributed by atoms with Crippen LogP contribution in [0.2, 0.25) is 0 Å². The first-order chi connectivity index (χ1) is 8.00. The fraction of sp³-hybridized carbons (Fsp3) is 0.538. The lowest BCUT2D eigenvalue weighted by Crippen LogP contribution is -2.23. The van der Waals surface area contributed by atoms with Crippen LogP contribution in [0.3, 0.4) is 0 Å². The first kappa shape index (κ1) is 12.7. The van der Waals surface area contributed by atoms with Crippen molar-refractivity contribution < 1.29 is 4.39 Å². The van der Waals surface area contributed by atoms with Gasteiger partial charge >= 0.3 is 0 Å². The van der Waals surface area contributed by atoms with Gasteiger partial charge in [-0.05, 0) is 40.3 Å². The molecule has 1 aromatic carbocycles. The average molecular weight is 301 g/mol. The number of nitrogens with two attached hydrogens (primary N) is 1. The molecule has 4 heteroatoms. The molecule has 0 bridgehead atoms. The first-order valence-electron chi connectivity index (χ1n) is 5.99. The molecule has 0 heterocycles. The lowest BCUT2D eigenvalue weighted by atomic mass is 9.89. The van der Waals surface area contributed by atoms with Crippen molar-refractivity contribution in [1.82, 2.24) is 0 Å². The van der Waals surface area contributed by atoms with Crippen LogP contribution in [0.15, 0.2) is 16.6 Å². The maximum absolute atomic E-state index is 13.4. The van der Waals surface area contributed by atoms with Crippen LogP contribution in [-0.2, 0) is 0 Å². The molecule has 0 unspecified atom stereocenters. The number of halogens is 2. The zero-order valence-electron chi connectivity index (χ0n) is 10.0. The van der Waals surface area contributed by atoms with Crippen molar-refractivity contribution in [3.63, 3.8) is 0 Å². The van der Waals surface area contributed by atoms with E-state index in [1.54, 1.807) is 6.07 Å². The van der Waals surface area contributed by atoms with E-state index in [4.69, 9.17) is 5.73 Å². The fourth-order valence-corrected chi connectivity index (χ4v) is 2.79. The molecule has 94 valence electrons. The van der Waals surface area contributed by atoms with E-state index in [1.165, 1.54) is 31.7 Å². The number of nitrogens with one attached hydrogen (secondary N) is 1. The van der Waals surface area contributed by atoms with Crippen molar-refractivity contribution in [3.05, 3.63) is 22.4 Å². The van der Waals surface area contributed by atoms with Gasteiger partial charge in [0.2, 0.25) is 0 Å². The molecule has 2 rings (SSSR count). The van der Waals surface area contributed by atoms with E-state index in [9.17, 15) is 4.39 Å². The Morgan fingerprint density at radius 2 is 2.06 bits per heavy atom. The molecule has 1 aliphatic rings. The van der Waals surface area contributed by atoms with E-state index < -0.39 is 0 Å². The summed E-state index contributed by atoms with van der Waals surface area (Å²) in [6.45, 7) is 3.14. The summed E-state index contributed by atoms with van der Waals surface area (Å²) in [4.78, 5) is 0. The second-order valence-electron chi connectivity index (χ2n) is 5.22. The summed E-state index contributed by atoms with van der Waals surface area (Å²) in [5.41, 5.74) is 7.46. The van der Waals surface area contributed by atoms with Gasteiger partial charge in [0.15, 0.2) is 0 Å². The van der Waals surface area contributed by atoms with Crippen molar-refractivity contribution in [1.29, 1.82) is 0 Å². The number of hydrogen-bond donors (Lipinski definition) is 2. The van der Waals surface area contributed by atoms with Crippen LogP contribution in [0.1, 0.15) is 32.6 Å². The number of rotatable bonds is 3. The molecular weight excluding hydrogens is 283 g/mol. The van der Waals surface area contributed by atoms with Crippen molar-refractivity contribution >= 4 is 27.3 Å². The molecule has 1 aliphatic carbocycles. The molecule has 17 heavy (non-hydrogen) atoms. The van der Waals surface area contributed by atoms with Gasteiger partial charge in [0.25, 0.3) is 0 Å². The molecular formula is C13H18BrFN2. The Balaban J connectivity index is 2.06. The second-order valence-corrected chi connectivity index (χ2v) is 6.08. The van der Waals surface area contributed by atoms with E-state index in [2.05, 4.69) is 28.2 Å². The number of nitrogen functional groups attached to an aromatic ring is 1. The highest BCUT2D eigenvalue weighted by Gasteiger charge is 2.28. The third-order valence-corrected chi connectivity index (χ3v) is 4.22. The number of hydrogen-bond acceptors (Lipinski definition) is 2. The molecule has 0 amide bonds. The third kappa shape index (κ3) is 2.92. The summed E-state index contributed by atoms with van der Waals surface area (Å²) >= 11 is 3.13. The van der Waals surface area contributed by atoms with Gasteiger partial charge in [-0.2, -0.15) is 0 Å². The molecule has 0 aromatic heterocycles. The quantitative estimate of drug-likeness (QED) is 0.823. The van der Waals surface area contributed by atoms with E-state index >= 15 is 0 Å². The van der Waals surface area contributed by atoms with Crippen molar-refractivity contribution in [2.24, 2.45) is 5.41 Å². The first-order valence-corrected chi connectivity index (χ1v) is 6.78. The molecule has 1 aromatic rings. The molecule has 0 saturated heterocycles. The topological polar surface area (TPSA) is 38.0 Å². The minimum atomic E-state index is -0.279. The fourth-order valence-electron chi connectivity index (χ4n) is 2.43. The van der Waals surface area contributed by atoms with Crippen molar-refractivity contribution in [2.75, 3.05) is 17.6 Å². The van der Waals surface area contributed by atoms with Crippen LogP contribution < -0.4 is 11.1 Å². The Bertz CT molecular complexity index is 414. The van der Waals surface area contributed by atoms with Gasteiger partial charge in [0.1, 0.15) is 5.82 Å². The summed E-state index contributed by atoms with van der Waals surface area (Å²) < 4.78 is 13.8. The standard InChI is InChI=1S/C13H18BrFN2/c1-13(4-2-3-5-13)8-17-12-7-10(15)9(14)6-11(12)16/h6-7,17H,2-5,8,16H2,1H3. The molecule has 0 atom stereocenters. The van der Waals surface area contributed by atoms with Crippen LogP contribution >= 0.6 is 15.9 Å². The molecule has 3 N–H and O–H groups in total. The highest BCUT2D eigenvalue weighted by molar-refractivity contribution is 9.10. The van der Waals surface area contributed by atoms with Gasteiger partial charge in [-0.25, -0.2) is 4.39 Å². The maximum atomic E-state index is 13.4. The highest BCUT2D eigenvalue weighted by atomic mass is 79.9. The molecule has 2 nitrogen and oxygen atoms in total. The normalized spacial score (nSPS) is 18.3. The number of benzene rings is 1. The third-order valence-electron chi connectivity index (χ3n) is 3.61. The van der Waals surface area contributed by atoms with Gasteiger partial charge in [-0.3, -0.25) is 0 Å². The Morgan fingerprint density at radius 1 is 1.41 bits per heavy atom. The zero-order chi connectivity index (χ0) is 12.5. The highest BCUT2D eigenvalue weighted by Crippen LogP contribution is 2.38. The molecule has 0 aliphatic heterocycles. The van der Waals surface area contributed by atoms with Crippen LogP contribution in [0.5, 0.6) is 0 Å².